The van der Waals surface area contributed by atoms with E-state index in [9.17, 15) is 18.0 Å². The van der Waals surface area contributed by atoms with Crippen LogP contribution in [-0.4, -0.2) is 51.4 Å². The average molecular weight is 621 g/mol. The molecule has 0 aliphatic carbocycles. The largest absolute Gasteiger partial charge is 0.495 e. The number of amides is 2. The molecule has 3 aromatic carbocycles. The van der Waals surface area contributed by atoms with E-state index in [2.05, 4.69) is 5.32 Å². The van der Waals surface area contributed by atoms with Gasteiger partial charge in [-0.05, 0) is 67.8 Å². The third kappa shape index (κ3) is 8.15. The molecule has 1 N–H and O–H groups in total. The van der Waals surface area contributed by atoms with Crippen molar-refractivity contribution in [1.82, 2.24) is 10.2 Å². The molecule has 41 heavy (non-hydrogen) atoms. The number of benzene rings is 3. The van der Waals surface area contributed by atoms with Gasteiger partial charge in [0.2, 0.25) is 11.8 Å². The van der Waals surface area contributed by atoms with E-state index in [0.29, 0.717) is 22.2 Å². The lowest BCUT2D eigenvalue weighted by Gasteiger charge is -2.32. The Hall–Kier alpha value is -3.27. The molecule has 0 bridgehead atoms. The Morgan fingerprint density at radius 3 is 2.34 bits per heavy atom. The van der Waals surface area contributed by atoms with Crippen molar-refractivity contribution in [3.05, 3.63) is 87.9 Å². The van der Waals surface area contributed by atoms with Crippen LogP contribution in [0.5, 0.6) is 5.75 Å². The summed E-state index contributed by atoms with van der Waals surface area (Å²) in [5.74, 6) is -0.654. The summed E-state index contributed by atoms with van der Waals surface area (Å²) in [5.41, 5.74) is 1.61. The van der Waals surface area contributed by atoms with Crippen LogP contribution >= 0.6 is 23.2 Å². The summed E-state index contributed by atoms with van der Waals surface area (Å²) in [5, 5.41) is 3.51. The van der Waals surface area contributed by atoms with Crippen LogP contribution in [0.2, 0.25) is 10.0 Å². The zero-order chi connectivity index (χ0) is 30.2. The van der Waals surface area contributed by atoms with E-state index in [1.165, 1.54) is 24.1 Å². The molecule has 0 aliphatic heterocycles. The van der Waals surface area contributed by atoms with Gasteiger partial charge in [0.1, 0.15) is 18.3 Å². The van der Waals surface area contributed by atoms with Crippen LogP contribution in [0, 0.1) is 6.92 Å². The highest BCUT2D eigenvalue weighted by Crippen LogP contribution is 2.34. The minimum atomic E-state index is -4.21. The van der Waals surface area contributed by atoms with Gasteiger partial charge >= 0.3 is 0 Å². The highest BCUT2D eigenvalue weighted by Gasteiger charge is 2.33. The summed E-state index contributed by atoms with van der Waals surface area (Å²) in [7, 11) is -2.78. The van der Waals surface area contributed by atoms with Crippen molar-refractivity contribution in [3.63, 3.8) is 0 Å². The Bertz CT molecular complexity index is 1470. The summed E-state index contributed by atoms with van der Waals surface area (Å²) in [6.45, 7) is 5.32. The van der Waals surface area contributed by atoms with E-state index in [1.54, 1.807) is 61.5 Å². The molecule has 220 valence electrons. The maximum Gasteiger partial charge on any atom is 0.264 e. The van der Waals surface area contributed by atoms with Crippen LogP contribution in [0.15, 0.2) is 71.6 Å². The highest BCUT2D eigenvalue weighted by molar-refractivity contribution is 7.92. The number of sulfonamides is 1. The van der Waals surface area contributed by atoms with Crippen molar-refractivity contribution < 1.29 is 22.7 Å². The van der Waals surface area contributed by atoms with Gasteiger partial charge in [0.25, 0.3) is 10.0 Å². The van der Waals surface area contributed by atoms with Gasteiger partial charge in [-0.2, -0.15) is 0 Å². The predicted molar refractivity (Wildman–Crippen MR) is 163 cm³/mol. The quantitative estimate of drug-likeness (QED) is 0.243. The molecular weight excluding hydrogens is 585 g/mol. The van der Waals surface area contributed by atoms with Crippen LogP contribution in [0.4, 0.5) is 5.69 Å². The van der Waals surface area contributed by atoms with Crippen molar-refractivity contribution in [2.75, 3.05) is 24.5 Å². The normalized spacial score (nSPS) is 12.0. The van der Waals surface area contributed by atoms with Crippen LogP contribution < -0.4 is 14.4 Å². The Morgan fingerprint density at radius 2 is 1.71 bits per heavy atom. The number of anilines is 1. The zero-order valence-corrected chi connectivity index (χ0v) is 25.9. The second-order valence-corrected chi connectivity index (χ2v) is 12.3. The monoisotopic (exact) mass is 619 g/mol. The molecule has 3 aromatic rings. The fourth-order valence-corrected chi connectivity index (χ4v) is 5.94. The standard InChI is InChI=1S/C30H35Cl2N3O5S/c1-5-6-16-33-30(37)22(3)34(19-23-13-14-25(31)26(32)18-23)29(36)20-35(27-17-21(2)12-15-28(27)40-4)41(38,39)24-10-8-7-9-11-24/h7-15,17-18,22H,5-6,16,19-20H2,1-4H3,(H,33,37)/t22-/m1/s1. The maximum atomic E-state index is 14.1. The van der Waals surface area contributed by atoms with Gasteiger partial charge in [-0.25, -0.2) is 8.42 Å². The molecule has 1 atom stereocenters. The molecule has 0 radical (unpaired) electrons. The number of unbranched alkanes of at least 4 members (excludes halogenated alkanes) is 1. The number of ether oxygens (including phenoxy) is 1. The first-order valence-electron chi connectivity index (χ1n) is 13.2. The molecule has 0 aromatic heterocycles. The number of halogens is 2. The van der Waals surface area contributed by atoms with Crippen molar-refractivity contribution in [1.29, 1.82) is 0 Å². The molecule has 0 fully saturated rings. The number of aryl methyl sites for hydroxylation is 1. The number of hydrogen-bond donors (Lipinski definition) is 1. The van der Waals surface area contributed by atoms with Gasteiger partial charge in [-0.15, -0.1) is 0 Å². The molecule has 0 heterocycles. The van der Waals surface area contributed by atoms with Gasteiger partial charge in [-0.3, -0.25) is 13.9 Å². The van der Waals surface area contributed by atoms with Crippen LogP contribution in [0.25, 0.3) is 0 Å². The van der Waals surface area contributed by atoms with Crippen molar-refractivity contribution in [2.24, 2.45) is 0 Å². The topological polar surface area (TPSA) is 96.0 Å². The summed E-state index contributed by atoms with van der Waals surface area (Å²) in [6, 6.07) is 17.0. The maximum absolute atomic E-state index is 14.1. The number of carbonyl (C=O) groups excluding carboxylic acids is 2. The molecule has 0 saturated heterocycles. The molecule has 0 spiro atoms. The van der Waals surface area contributed by atoms with Gasteiger partial charge < -0.3 is 15.0 Å². The molecule has 8 nitrogen and oxygen atoms in total. The van der Waals surface area contributed by atoms with E-state index in [0.717, 1.165) is 22.7 Å². The fourth-order valence-electron chi connectivity index (χ4n) is 4.18. The van der Waals surface area contributed by atoms with Crippen molar-refractivity contribution >= 4 is 50.7 Å². The Morgan fingerprint density at radius 1 is 1.00 bits per heavy atom. The predicted octanol–water partition coefficient (Wildman–Crippen LogP) is 5.84. The Balaban J connectivity index is 2.07. The minimum absolute atomic E-state index is 0.00225. The molecule has 2 amide bonds. The first-order chi connectivity index (χ1) is 19.5. The number of nitrogens with zero attached hydrogens (tertiary/aromatic N) is 2. The summed E-state index contributed by atoms with van der Waals surface area (Å²) in [4.78, 5) is 28.5. The summed E-state index contributed by atoms with van der Waals surface area (Å²) >= 11 is 12.3. The number of carbonyl (C=O) groups is 2. The van der Waals surface area contributed by atoms with Crippen LogP contribution in [0.3, 0.4) is 0 Å². The smallest absolute Gasteiger partial charge is 0.264 e. The lowest BCUT2D eigenvalue weighted by atomic mass is 10.1. The van der Waals surface area contributed by atoms with E-state index >= 15 is 0 Å². The highest BCUT2D eigenvalue weighted by atomic mass is 35.5. The molecular formula is C30H35Cl2N3O5S. The van der Waals surface area contributed by atoms with Crippen LogP contribution in [0.1, 0.15) is 37.8 Å². The number of hydrogen-bond acceptors (Lipinski definition) is 5. The number of nitrogens with one attached hydrogen (secondary N) is 1. The second-order valence-electron chi connectivity index (χ2n) is 9.59. The minimum Gasteiger partial charge on any atom is -0.495 e. The van der Waals surface area contributed by atoms with Gasteiger partial charge in [0.15, 0.2) is 0 Å². The van der Waals surface area contributed by atoms with Crippen molar-refractivity contribution in [2.45, 2.75) is 51.1 Å². The average Bonchev–Trinajstić information content (AvgIpc) is 2.96. The third-order valence-corrected chi connectivity index (χ3v) is 9.06. The summed E-state index contributed by atoms with van der Waals surface area (Å²) in [6.07, 6.45) is 1.68. The SMILES string of the molecule is CCCCNC(=O)[C@@H](C)N(Cc1ccc(Cl)c(Cl)c1)C(=O)CN(c1cc(C)ccc1OC)S(=O)(=O)c1ccccc1. The number of rotatable bonds is 13. The van der Waals surface area contributed by atoms with E-state index < -0.39 is 28.5 Å². The van der Waals surface area contributed by atoms with Crippen LogP contribution in [-0.2, 0) is 26.2 Å². The van der Waals surface area contributed by atoms with E-state index in [4.69, 9.17) is 27.9 Å². The molecule has 0 aliphatic rings. The molecule has 0 unspecified atom stereocenters. The first-order valence-corrected chi connectivity index (χ1v) is 15.4. The number of methoxy groups -OCH3 is 1. The Kier molecular flexibility index (Phi) is 11.5. The van der Waals surface area contributed by atoms with E-state index in [1.807, 2.05) is 13.8 Å². The summed E-state index contributed by atoms with van der Waals surface area (Å²) < 4.78 is 34.5. The molecule has 11 heteroatoms. The fraction of sp³-hybridized carbons (Fsp3) is 0.333. The van der Waals surface area contributed by atoms with Gasteiger partial charge in [0, 0.05) is 13.1 Å². The zero-order valence-electron chi connectivity index (χ0n) is 23.6. The lowest BCUT2D eigenvalue weighted by Crippen LogP contribution is -2.51. The van der Waals surface area contributed by atoms with Crippen molar-refractivity contribution in [3.8, 4) is 5.75 Å². The lowest BCUT2D eigenvalue weighted by molar-refractivity contribution is -0.139. The molecule has 0 saturated carbocycles. The first kappa shape index (κ1) is 32.2. The van der Waals surface area contributed by atoms with Gasteiger partial charge in [-0.1, -0.05) is 66.9 Å². The van der Waals surface area contributed by atoms with E-state index in [-0.39, 0.29) is 28.8 Å². The van der Waals surface area contributed by atoms with Gasteiger partial charge in [0.05, 0.1) is 27.7 Å². The second kappa shape index (κ2) is 14.6. The third-order valence-electron chi connectivity index (χ3n) is 6.55. The Labute approximate surface area is 252 Å². The molecule has 3 rings (SSSR count).